The number of esters is 1. The number of halogens is 1. The maximum Gasteiger partial charge on any atom is 0.310 e. The zero-order valence-corrected chi connectivity index (χ0v) is 14.5. The summed E-state index contributed by atoms with van der Waals surface area (Å²) in [5.41, 5.74) is 0.666. The lowest BCUT2D eigenvalue weighted by molar-refractivity contribution is -0.145. The molecule has 0 radical (unpaired) electrons. The Labute approximate surface area is 146 Å². The lowest BCUT2D eigenvalue weighted by Gasteiger charge is -2.15. The van der Waals surface area contributed by atoms with Crippen LogP contribution in [0.25, 0.3) is 0 Å². The van der Waals surface area contributed by atoms with Crippen molar-refractivity contribution in [1.82, 2.24) is 15.1 Å². The van der Waals surface area contributed by atoms with Gasteiger partial charge in [0.2, 0.25) is 0 Å². The third-order valence-corrected chi connectivity index (χ3v) is 3.84. The van der Waals surface area contributed by atoms with Crippen molar-refractivity contribution in [3.05, 3.63) is 53.6 Å². The highest BCUT2D eigenvalue weighted by Crippen LogP contribution is 2.14. The molecular formula is C18H22FN3O3. The van der Waals surface area contributed by atoms with Gasteiger partial charge in [-0.05, 0) is 38.0 Å². The first kappa shape index (κ1) is 18.6. The van der Waals surface area contributed by atoms with Crippen LogP contribution in [0, 0.1) is 11.7 Å². The zero-order valence-electron chi connectivity index (χ0n) is 14.5. The van der Waals surface area contributed by atoms with Gasteiger partial charge in [0.1, 0.15) is 11.5 Å². The van der Waals surface area contributed by atoms with Crippen LogP contribution in [0.3, 0.4) is 0 Å². The van der Waals surface area contributed by atoms with Gasteiger partial charge in [-0.1, -0.05) is 18.2 Å². The van der Waals surface area contributed by atoms with Crippen molar-refractivity contribution in [3.63, 3.8) is 0 Å². The van der Waals surface area contributed by atoms with Crippen LogP contribution in [0.5, 0.6) is 0 Å². The maximum atomic E-state index is 13.8. The molecule has 6 nitrogen and oxygen atoms in total. The highest BCUT2D eigenvalue weighted by Gasteiger charge is 2.22. The van der Waals surface area contributed by atoms with Crippen LogP contribution < -0.4 is 5.32 Å². The number of nitrogens with one attached hydrogen (secondary N) is 1. The standard InChI is InChI=1S/C18H22FN3O3/c1-12(2)22-9-8-16(21-22)17(23)20-11-14(18(24)25-3)10-13-6-4-5-7-15(13)19/h4-9,12,14H,10-11H2,1-3H3,(H,20,23). The fourth-order valence-corrected chi connectivity index (χ4v) is 2.39. The normalized spacial score (nSPS) is 12.0. The van der Waals surface area contributed by atoms with Gasteiger partial charge in [-0.3, -0.25) is 14.3 Å². The van der Waals surface area contributed by atoms with Crippen molar-refractivity contribution in [3.8, 4) is 0 Å². The van der Waals surface area contributed by atoms with Crippen molar-refractivity contribution in [2.75, 3.05) is 13.7 Å². The highest BCUT2D eigenvalue weighted by molar-refractivity contribution is 5.92. The number of amides is 1. The van der Waals surface area contributed by atoms with Gasteiger partial charge in [0.25, 0.3) is 5.91 Å². The molecule has 1 amide bonds. The average Bonchev–Trinajstić information content (AvgIpc) is 3.09. The van der Waals surface area contributed by atoms with Crippen molar-refractivity contribution >= 4 is 11.9 Å². The summed E-state index contributed by atoms with van der Waals surface area (Å²) < 4.78 is 20.2. The molecule has 0 aliphatic heterocycles. The van der Waals surface area contributed by atoms with Gasteiger partial charge in [0.05, 0.1) is 13.0 Å². The third kappa shape index (κ3) is 4.89. The molecule has 1 unspecified atom stereocenters. The summed E-state index contributed by atoms with van der Waals surface area (Å²) in [4.78, 5) is 24.2. The highest BCUT2D eigenvalue weighted by atomic mass is 19.1. The Morgan fingerprint density at radius 2 is 2.00 bits per heavy atom. The zero-order chi connectivity index (χ0) is 18.4. The third-order valence-electron chi connectivity index (χ3n) is 3.84. The number of aromatic nitrogens is 2. The molecule has 1 atom stereocenters. The SMILES string of the molecule is COC(=O)C(CNC(=O)c1ccn(C(C)C)n1)Cc1ccccc1F. The predicted molar refractivity (Wildman–Crippen MR) is 90.6 cm³/mol. The van der Waals surface area contributed by atoms with Gasteiger partial charge >= 0.3 is 5.97 Å². The first-order valence-corrected chi connectivity index (χ1v) is 8.07. The van der Waals surface area contributed by atoms with Gasteiger partial charge in [-0.2, -0.15) is 5.10 Å². The summed E-state index contributed by atoms with van der Waals surface area (Å²) in [7, 11) is 1.27. The van der Waals surface area contributed by atoms with Crippen LogP contribution in [0.15, 0.2) is 36.5 Å². The molecule has 2 aromatic rings. The summed E-state index contributed by atoms with van der Waals surface area (Å²) >= 11 is 0. The average molecular weight is 347 g/mol. The second-order valence-electron chi connectivity index (χ2n) is 6.00. The summed E-state index contributed by atoms with van der Waals surface area (Å²) in [6.45, 7) is 3.95. The minimum Gasteiger partial charge on any atom is -0.469 e. The topological polar surface area (TPSA) is 73.2 Å². The monoisotopic (exact) mass is 347 g/mol. The molecule has 1 N–H and O–H groups in total. The molecule has 7 heteroatoms. The first-order chi connectivity index (χ1) is 11.9. The van der Waals surface area contributed by atoms with Gasteiger partial charge < -0.3 is 10.1 Å². The largest absolute Gasteiger partial charge is 0.469 e. The summed E-state index contributed by atoms with van der Waals surface area (Å²) in [5.74, 6) is -1.96. The van der Waals surface area contributed by atoms with Crippen molar-refractivity contribution in [2.45, 2.75) is 26.3 Å². The molecular weight excluding hydrogens is 325 g/mol. The minimum absolute atomic E-state index is 0.0361. The lowest BCUT2D eigenvalue weighted by atomic mass is 9.99. The number of methoxy groups -OCH3 is 1. The van der Waals surface area contributed by atoms with Gasteiger partial charge in [-0.15, -0.1) is 0 Å². The van der Waals surface area contributed by atoms with Crippen molar-refractivity contribution < 1.29 is 18.7 Å². The van der Waals surface area contributed by atoms with Crippen molar-refractivity contribution in [2.24, 2.45) is 5.92 Å². The molecule has 25 heavy (non-hydrogen) atoms. The Kier molecular flexibility index (Phi) is 6.27. The van der Waals surface area contributed by atoms with Crippen LogP contribution in [-0.4, -0.2) is 35.3 Å². The number of hydrogen-bond donors (Lipinski definition) is 1. The van der Waals surface area contributed by atoms with Crippen LogP contribution in [-0.2, 0) is 16.0 Å². The number of hydrogen-bond acceptors (Lipinski definition) is 4. The molecule has 0 bridgehead atoms. The quantitative estimate of drug-likeness (QED) is 0.781. The molecule has 0 aliphatic carbocycles. The molecule has 0 fully saturated rings. The van der Waals surface area contributed by atoms with Gasteiger partial charge in [0.15, 0.2) is 0 Å². The fraction of sp³-hybridized carbons (Fsp3) is 0.389. The van der Waals surface area contributed by atoms with Crippen LogP contribution >= 0.6 is 0 Å². The number of rotatable bonds is 7. The summed E-state index contributed by atoms with van der Waals surface area (Å²) in [6.07, 6.45) is 1.86. The molecule has 0 saturated heterocycles. The van der Waals surface area contributed by atoms with Crippen LogP contribution in [0.4, 0.5) is 4.39 Å². The smallest absolute Gasteiger partial charge is 0.310 e. The van der Waals surface area contributed by atoms with E-state index in [1.165, 1.54) is 13.2 Å². The van der Waals surface area contributed by atoms with Gasteiger partial charge in [-0.25, -0.2) is 4.39 Å². The van der Waals surface area contributed by atoms with E-state index in [1.54, 1.807) is 35.1 Å². The first-order valence-electron chi connectivity index (χ1n) is 8.07. The van der Waals surface area contributed by atoms with E-state index in [4.69, 9.17) is 4.74 Å². The molecule has 134 valence electrons. The molecule has 1 heterocycles. The number of ether oxygens (including phenoxy) is 1. The molecule has 2 rings (SSSR count). The summed E-state index contributed by atoms with van der Waals surface area (Å²) in [6, 6.07) is 7.98. The molecule has 0 aliphatic rings. The van der Waals surface area contributed by atoms with E-state index >= 15 is 0 Å². The number of nitrogens with zero attached hydrogens (tertiary/aromatic N) is 2. The Bertz CT molecular complexity index is 743. The van der Waals surface area contributed by atoms with Gasteiger partial charge in [0, 0.05) is 18.8 Å². The van der Waals surface area contributed by atoms with E-state index in [0.29, 0.717) is 5.56 Å². The second kappa shape index (κ2) is 8.41. The number of carbonyl (C=O) groups excluding carboxylic acids is 2. The van der Waals surface area contributed by atoms with Crippen LogP contribution in [0.1, 0.15) is 35.9 Å². The minimum atomic E-state index is -0.682. The van der Waals surface area contributed by atoms with Crippen molar-refractivity contribution in [1.29, 1.82) is 0 Å². The Morgan fingerprint density at radius 3 is 2.60 bits per heavy atom. The lowest BCUT2D eigenvalue weighted by Crippen LogP contribution is -2.35. The second-order valence-corrected chi connectivity index (χ2v) is 6.00. The molecule has 1 aromatic heterocycles. The van der Waals surface area contributed by atoms with E-state index in [2.05, 4.69) is 10.4 Å². The Morgan fingerprint density at radius 1 is 1.28 bits per heavy atom. The van der Waals surface area contributed by atoms with E-state index in [-0.39, 0.29) is 30.6 Å². The number of benzene rings is 1. The van der Waals surface area contributed by atoms with E-state index in [9.17, 15) is 14.0 Å². The van der Waals surface area contributed by atoms with E-state index < -0.39 is 17.7 Å². The number of carbonyl (C=O) groups is 2. The Balaban J connectivity index is 2.03. The molecule has 0 spiro atoms. The fourth-order valence-electron chi connectivity index (χ4n) is 2.39. The van der Waals surface area contributed by atoms with Crippen LogP contribution in [0.2, 0.25) is 0 Å². The predicted octanol–water partition coefficient (Wildman–Crippen LogP) is 2.36. The maximum absolute atomic E-state index is 13.8. The molecule has 1 aromatic carbocycles. The Hall–Kier alpha value is -2.70. The van der Waals surface area contributed by atoms with E-state index in [1.807, 2.05) is 13.8 Å². The van der Waals surface area contributed by atoms with E-state index in [0.717, 1.165) is 0 Å². The molecule has 0 saturated carbocycles. The summed E-state index contributed by atoms with van der Waals surface area (Å²) in [5, 5.41) is 6.85.